The van der Waals surface area contributed by atoms with Crippen LogP contribution in [-0.4, -0.2) is 15.4 Å². The molecule has 1 heterocycles. The first-order valence-corrected chi connectivity index (χ1v) is 5.55. The van der Waals surface area contributed by atoms with Crippen molar-refractivity contribution < 1.29 is 4.74 Å². The maximum atomic E-state index is 5.50. The number of rotatable bonds is 3. The molecule has 1 N–H and O–H groups in total. The van der Waals surface area contributed by atoms with E-state index in [1.54, 1.807) is 6.20 Å². The number of H-pyrrole nitrogens is 1. The van der Waals surface area contributed by atoms with E-state index in [-0.39, 0.29) is 0 Å². The second-order valence-corrected chi connectivity index (χ2v) is 4.11. The van der Waals surface area contributed by atoms with E-state index in [1.165, 1.54) is 24.8 Å². The normalized spacial score (nSPS) is 15.8. The first-order chi connectivity index (χ1) is 7.92. The van der Waals surface area contributed by atoms with E-state index >= 15 is 0 Å². The third-order valence-electron chi connectivity index (χ3n) is 3.07. The molecule has 1 saturated carbocycles. The van der Waals surface area contributed by atoms with Crippen molar-refractivity contribution in [3.05, 3.63) is 36.0 Å². The van der Waals surface area contributed by atoms with E-state index in [2.05, 4.69) is 27.5 Å². The predicted molar refractivity (Wildman–Crippen MR) is 59.5 cm³/mol. The Morgan fingerprint density at radius 2 is 2.00 bits per heavy atom. The van der Waals surface area contributed by atoms with Crippen LogP contribution in [0.15, 0.2) is 30.5 Å². The minimum absolute atomic E-state index is 0.497. The molecule has 1 aliphatic carbocycles. The van der Waals surface area contributed by atoms with Crippen LogP contribution in [0.1, 0.15) is 30.7 Å². The van der Waals surface area contributed by atoms with E-state index in [4.69, 9.17) is 4.74 Å². The Morgan fingerprint density at radius 3 is 2.56 bits per heavy atom. The summed E-state index contributed by atoms with van der Waals surface area (Å²) in [4.78, 5) is 0. The Kier molecular flexibility index (Phi) is 2.33. The molecule has 1 aromatic carbocycles. The summed E-state index contributed by atoms with van der Waals surface area (Å²) in [7, 11) is 0. The average molecular weight is 215 g/mol. The van der Waals surface area contributed by atoms with Crippen LogP contribution in [0.25, 0.3) is 0 Å². The Bertz CT molecular complexity index is 446. The third-order valence-corrected chi connectivity index (χ3v) is 3.07. The van der Waals surface area contributed by atoms with Crippen LogP contribution >= 0.6 is 0 Å². The Hall–Kier alpha value is -1.84. The van der Waals surface area contributed by atoms with Crippen molar-refractivity contribution >= 4 is 0 Å². The molecular weight excluding hydrogens is 202 g/mol. The van der Waals surface area contributed by atoms with Crippen LogP contribution in [0.4, 0.5) is 0 Å². The summed E-state index contributed by atoms with van der Waals surface area (Å²) < 4.78 is 5.50. The summed E-state index contributed by atoms with van der Waals surface area (Å²) in [6.45, 7) is 0. The van der Waals surface area contributed by atoms with E-state index in [1.807, 2.05) is 12.1 Å². The van der Waals surface area contributed by atoms with Crippen molar-refractivity contribution in [1.82, 2.24) is 15.4 Å². The number of ether oxygens (including phenoxy) is 1. The molecule has 4 heteroatoms. The van der Waals surface area contributed by atoms with Gasteiger partial charge in [0.2, 0.25) is 0 Å². The van der Waals surface area contributed by atoms with Gasteiger partial charge in [-0.1, -0.05) is 18.6 Å². The third kappa shape index (κ3) is 1.78. The minimum Gasteiger partial charge on any atom is -0.436 e. The van der Waals surface area contributed by atoms with Crippen molar-refractivity contribution in [2.24, 2.45) is 0 Å². The number of hydrogen-bond donors (Lipinski definition) is 1. The minimum atomic E-state index is 0.497. The fourth-order valence-electron chi connectivity index (χ4n) is 1.91. The van der Waals surface area contributed by atoms with Crippen LogP contribution in [-0.2, 0) is 0 Å². The Balaban J connectivity index is 1.72. The van der Waals surface area contributed by atoms with Gasteiger partial charge in [0.1, 0.15) is 11.9 Å². The molecule has 0 atom stereocenters. The molecule has 0 spiro atoms. The number of aromatic nitrogens is 3. The number of benzene rings is 1. The van der Waals surface area contributed by atoms with Crippen LogP contribution in [0, 0.1) is 0 Å². The fourth-order valence-corrected chi connectivity index (χ4v) is 1.91. The lowest BCUT2D eigenvalue weighted by Crippen LogP contribution is -2.08. The van der Waals surface area contributed by atoms with Gasteiger partial charge in [0.05, 0.1) is 0 Å². The molecule has 2 aromatic rings. The van der Waals surface area contributed by atoms with Crippen molar-refractivity contribution in [1.29, 1.82) is 0 Å². The zero-order valence-corrected chi connectivity index (χ0v) is 8.89. The largest absolute Gasteiger partial charge is 0.436 e. The maximum absolute atomic E-state index is 5.50. The number of nitrogens with one attached hydrogen (secondary N) is 1. The van der Waals surface area contributed by atoms with Crippen molar-refractivity contribution in [2.75, 3.05) is 0 Å². The van der Waals surface area contributed by atoms with Gasteiger partial charge in [-0.05, 0) is 36.5 Å². The molecule has 0 unspecified atom stereocenters. The van der Waals surface area contributed by atoms with E-state index in [9.17, 15) is 0 Å². The Morgan fingerprint density at radius 1 is 1.19 bits per heavy atom. The van der Waals surface area contributed by atoms with Crippen molar-refractivity contribution in [2.45, 2.75) is 25.2 Å². The lowest BCUT2D eigenvalue weighted by atomic mass is 9.80. The summed E-state index contributed by atoms with van der Waals surface area (Å²) in [5, 5.41) is 10.0. The summed E-state index contributed by atoms with van der Waals surface area (Å²) in [6, 6.07) is 8.25. The summed E-state index contributed by atoms with van der Waals surface area (Å²) in [5.74, 6) is 2.06. The molecule has 1 aliphatic rings. The monoisotopic (exact) mass is 215 g/mol. The van der Waals surface area contributed by atoms with E-state index < -0.39 is 0 Å². The number of hydrogen-bond acceptors (Lipinski definition) is 3. The molecule has 1 fully saturated rings. The van der Waals surface area contributed by atoms with Crippen LogP contribution in [0.3, 0.4) is 0 Å². The van der Waals surface area contributed by atoms with E-state index in [0.29, 0.717) is 5.88 Å². The van der Waals surface area contributed by atoms with E-state index in [0.717, 1.165) is 11.7 Å². The molecule has 16 heavy (non-hydrogen) atoms. The van der Waals surface area contributed by atoms with Crippen LogP contribution < -0.4 is 4.74 Å². The van der Waals surface area contributed by atoms with Crippen LogP contribution in [0.2, 0.25) is 0 Å². The highest BCUT2D eigenvalue weighted by Crippen LogP contribution is 2.36. The highest BCUT2D eigenvalue weighted by atomic mass is 16.5. The molecule has 0 amide bonds. The predicted octanol–water partition coefficient (Wildman–Crippen LogP) is 2.86. The molecule has 0 saturated heterocycles. The molecule has 3 rings (SSSR count). The van der Waals surface area contributed by atoms with Gasteiger partial charge < -0.3 is 4.74 Å². The van der Waals surface area contributed by atoms with Crippen molar-refractivity contribution in [3.63, 3.8) is 0 Å². The Labute approximate surface area is 93.6 Å². The lowest BCUT2D eigenvalue weighted by molar-refractivity contribution is 0.418. The quantitative estimate of drug-likeness (QED) is 0.856. The zero-order chi connectivity index (χ0) is 10.8. The average Bonchev–Trinajstić information content (AvgIpc) is 2.71. The molecular formula is C12H13N3O. The van der Waals surface area contributed by atoms with Gasteiger partial charge in [0.25, 0.3) is 5.88 Å². The molecule has 0 bridgehead atoms. The molecule has 0 aliphatic heterocycles. The number of nitrogens with zero attached hydrogens (tertiary/aromatic N) is 2. The highest BCUT2D eigenvalue weighted by Gasteiger charge is 2.18. The smallest absolute Gasteiger partial charge is 0.258 e. The maximum Gasteiger partial charge on any atom is 0.258 e. The van der Waals surface area contributed by atoms with Gasteiger partial charge in [0, 0.05) is 0 Å². The summed E-state index contributed by atoms with van der Waals surface area (Å²) in [6.07, 6.45) is 5.56. The first-order valence-electron chi connectivity index (χ1n) is 5.55. The van der Waals surface area contributed by atoms with Crippen molar-refractivity contribution in [3.8, 4) is 11.6 Å². The lowest BCUT2D eigenvalue weighted by Gasteiger charge is -2.25. The van der Waals surface area contributed by atoms with Gasteiger partial charge in [0.15, 0.2) is 0 Å². The SMILES string of the molecule is c1cc(C2CCC2)ccc1Oc1cn[nH]n1. The fraction of sp³-hybridized carbons (Fsp3) is 0.333. The van der Waals surface area contributed by atoms with Gasteiger partial charge in [-0.25, -0.2) is 0 Å². The molecule has 4 nitrogen and oxygen atoms in total. The topological polar surface area (TPSA) is 50.8 Å². The molecule has 1 aromatic heterocycles. The standard InChI is InChI=1S/C12H13N3O/c1-2-9(3-1)10-4-6-11(7-5-10)16-12-8-13-15-14-12/h4-9H,1-3H2,(H,13,14,15). The highest BCUT2D eigenvalue weighted by molar-refractivity contribution is 5.32. The summed E-state index contributed by atoms with van der Waals surface area (Å²) in [5.41, 5.74) is 1.42. The zero-order valence-electron chi connectivity index (χ0n) is 8.89. The van der Waals surface area contributed by atoms with Crippen LogP contribution in [0.5, 0.6) is 11.6 Å². The van der Waals surface area contributed by atoms with Gasteiger partial charge in [-0.15, -0.1) is 5.10 Å². The number of aromatic amines is 1. The van der Waals surface area contributed by atoms with Gasteiger partial charge in [-0.3, -0.25) is 0 Å². The summed E-state index contributed by atoms with van der Waals surface area (Å²) >= 11 is 0. The molecule has 82 valence electrons. The first kappa shape index (κ1) is 9.39. The van der Waals surface area contributed by atoms with Gasteiger partial charge >= 0.3 is 0 Å². The second kappa shape index (κ2) is 3.96. The second-order valence-electron chi connectivity index (χ2n) is 4.11. The van der Waals surface area contributed by atoms with Gasteiger partial charge in [-0.2, -0.15) is 10.3 Å². The molecule has 0 radical (unpaired) electrons.